The number of nitrogens with two attached hydrogens (primary N) is 1. The zero-order valence-corrected chi connectivity index (χ0v) is 11.1. The highest BCUT2D eigenvalue weighted by Crippen LogP contribution is 2.29. The molecule has 2 aromatic rings. The van der Waals surface area contributed by atoms with E-state index in [1.807, 2.05) is 36.2 Å². The van der Waals surface area contributed by atoms with Crippen molar-refractivity contribution in [1.29, 1.82) is 0 Å². The summed E-state index contributed by atoms with van der Waals surface area (Å²) in [6.07, 6.45) is 0. The Hall–Kier alpha value is -2.23. The molecule has 0 aromatic heterocycles. The Kier molecular flexibility index (Phi) is 3.90. The van der Waals surface area contributed by atoms with Crippen molar-refractivity contribution >= 4 is 11.4 Å². The van der Waals surface area contributed by atoms with Gasteiger partial charge >= 0.3 is 0 Å². The van der Waals surface area contributed by atoms with E-state index in [4.69, 9.17) is 10.5 Å². The van der Waals surface area contributed by atoms with Crippen LogP contribution in [0.3, 0.4) is 0 Å². The van der Waals surface area contributed by atoms with Crippen LogP contribution in [0.15, 0.2) is 42.5 Å². The standard InChI is InChI=1S/C15H17FN2O/c1-18(10-11-3-6-13(17)7-4-11)14-9-12(16)5-8-15(14)19-2/h3-9H,10,17H2,1-2H3. The summed E-state index contributed by atoms with van der Waals surface area (Å²) in [6, 6.07) is 12.1. The molecule has 0 aliphatic carbocycles. The Balaban J connectivity index is 2.21. The van der Waals surface area contributed by atoms with Gasteiger partial charge in [-0.1, -0.05) is 12.1 Å². The molecule has 0 atom stereocenters. The minimum absolute atomic E-state index is 0.278. The van der Waals surface area contributed by atoms with Gasteiger partial charge < -0.3 is 15.4 Å². The molecule has 0 saturated heterocycles. The Morgan fingerprint density at radius 3 is 2.47 bits per heavy atom. The van der Waals surface area contributed by atoms with Crippen LogP contribution >= 0.6 is 0 Å². The largest absolute Gasteiger partial charge is 0.495 e. The van der Waals surface area contributed by atoms with Crippen LogP contribution in [-0.4, -0.2) is 14.2 Å². The maximum atomic E-state index is 13.3. The molecule has 4 heteroatoms. The van der Waals surface area contributed by atoms with Gasteiger partial charge in [0.15, 0.2) is 0 Å². The highest BCUT2D eigenvalue weighted by molar-refractivity contribution is 5.58. The number of rotatable bonds is 4. The predicted molar refractivity (Wildman–Crippen MR) is 75.9 cm³/mol. The first kappa shape index (κ1) is 13.2. The summed E-state index contributed by atoms with van der Waals surface area (Å²) in [5.41, 5.74) is 8.20. The second-order valence-corrected chi connectivity index (χ2v) is 4.41. The second kappa shape index (κ2) is 5.61. The summed E-state index contributed by atoms with van der Waals surface area (Å²) < 4.78 is 18.6. The van der Waals surface area contributed by atoms with Gasteiger partial charge in [0.25, 0.3) is 0 Å². The third kappa shape index (κ3) is 3.16. The van der Waals surface area contributed by atoms with E-state index in [9.17, 15) is 4.39 Å². The number of ether oxygens (including phenoxy) is 1. The lowest BCUT2D eigenvalue weighted by Crippen LogP contribution is -2.17. The first-order valence-electron chi connectivity index (χ1n) is 5.99. The highest BCUT2D eigenvalue weighted by atomic mass is 19.1. The first-order valence-corrected chi connectivity index (χ1v) is 5.99. The molecule has 0 aliphatic rings. The van der Waals surface area contributed by atoms with E-state index in [0.717, 1.165) is 16.9 Å². The van der Waals surface area contributed by atoms with Gasteiger partial charge in [-0.25, -0.2) is 4.39 Å². The van der Waals surface area contributed by atoms with Crippen molar-refractivity contribution in [2.45, 2.75) is 6.54 Å². The van der Waals surface area contributed by atoms with Gasteiger partial charge in [-0.3, -0.25) is 0 Å². The Morgan fingerprint density at radius 1 is 1.16 bits per heavy atom. The molecule has 0 heterocycles. The molecule has 19 heavy (non-hydrogen) atoms. The van der Waals surface area contributed by atoms with E-state index in [2.05, 4.69) is 0 Å². The SMILES string of the molecule is COc1ccc(F)cc1N(C)Cc1ccc(N)cc1. The van der Waals surface area contributed by atoms with E-state index >= 15 is 0 Å². The third-order valence-electron chi connectivity index (χ3n) is 2.95. The lowest BCUT2D eigenvalue weighted by molar-refractivity contribution is 0.413. The van der Waals surface area contributed by atoms with Gasteiger partial charge in [-0.2, -0.15) is 0 Å². The molecular weight excluding hydrogens is 243 g/mol. The number of anilines is 2. The van der Waals surface area contributed by atoms with Gasteiger partial charge in [-0.15, -0.1) is 0 Å². The van der Waals surface area contributed by atoms with E-state index in [1.165, 1.54) is 12.1 Å². The Bertz CT molecular complexity index is 555. The van der Waals surface area contributed by atoms with Crippen molar-refractivity contribution in [3.63, 3.8) is 0 Å². The maximum Gasteiger partial charge on any atom is 0.142 e. The molecule has 2 N–H and O–H groups in total. The summed E-state index contributed by atoms with van der Waals surface area (Å²) >= 11 is 0. The minimum atomic E-state index is -0.278. The number of benzene rings is 2. The molecule has 0 amide bonds. The molecule has 0 unspecified atom stereocenters. The third-order valence-corrected chi connectivity index (χ3v) is 2.95. The zero-order valence-electron chi connectivity index (χ0n) is 11.1. The number of hydrogen-bond acceptors (Lipinski definition) is 3. The van der Waals surface area contributed by atoms with Gasteiger partial charge in [0.2, 0.25) is 0 Å². The lowest BCUT2D eigenvalue weighted by atomic mass is 10.2. The number of nitrogen functional groups attached to an aromatic ring is 1. The van der Waals surface area contributed by atoms with Gasteiger partial charge in [0.05, 0.1) is 12.8 Å². The number of halogens is 1. The van der Waals surface area contributed by atoms with Crippen LogP contribution in [0.25, 0.3) is 0 Å². The smallest absolute Gasteiger partial charge is 0.142 e. The van der Waals surface area contributed by atoms with E-state index in [0.29, 0.717) is 12.3 Å². The zero-order chi connectivity index (χ0) is 13.8. The van der Waals surface area contributed by atoms with Crippen molar-refractivity contribution in [1.82, 2.24) is 0 Å². The van der Waals surface area contributed by atoms with E-state index in [1.54, 1.807) is 13.2 Å². The molecule has 0 spiro atoms. The highest BCUT2D eigenvalue weighted by Gasteiger charge is 2.10. The van der Waals surface area contributed by atoms with Crippen molar-refractivity contribution in [2.24, 2.45) is 0 Å². The van der Waals surface area contributed by atoms with Gasteiger partial charge in [0.1, 0.15) is 11.6 Å². The number of nitrogens with zero attached hydrogens (tertiary/aromatic N) is 1. The fourth-order valence-electron chi connectivity index (χ4n) is 1.94. The fourth-order valence-corrected chi connectivity index (χ4v) is 1.94. The normalized spacial score (nSPS) is 10.3. The molecule has 3 nitrogen and oxygen atoms in total. The Labute approximate surface area is 112 Å². The van der Waals surface area contributed by atoms with Crippen molar-refractivity contribution in [2.75, 3.05) is 24.8 Å². The molecule has 100 valence electrons. The van der Waals surface area contributed by atoms with Gasteiger partial charge in [-0.05, 0) is 29.8 Å². The van der Waals surface area contributed by atoms with Crippen LogP contribution in [0.4, 0.5) is 15.8 Å². The molecule has 0 aliphatic heterocycles. The number of methoxy groups -OCH3 is 1. The number of hydrogen-bond donors (Lipinski definition) is 1. The molecule has 0 saturated carbocycles. The summed E-state index contributed by atoms with van der Waals surface area (Å²) in [7, 11) is 3.47. The first-order chi connectivity index (χ1) is 9.10. The van der Waals surface area contributed by atoms with Crippen molar-refractivity contribution in [3.8, 4) is 5.75 Å². The van der Waals surface area contributed by atoms with E-state index in [-0.39, 0.29) is 5.82 Å². The second-order valence-electron chi connectivity index (χ2n) is 4.41. The summed E-state index contributed by atoms with van der Waals surface area (Å²) in [5, 5.41) is 0. The quantitative estimate of drug-likeness (QED) is 0.859. The van der Waals surface area contributed by atoms with Crippen LogP contribution in [0.2, 0.25) is 0 Å². The van der Waals surface area contributed by atoms with Crippen LogP contribution in [0, 0.1) is 5.82 Å². The van der Waals surface area contributed by atoms with Crippen LogP contribution in [0.5, 0.6) is 5.75 Å². The molecule has 0 bridgehead atoms. The van der Waals surface area contributed by atoms with Gasteiger partial charge in [0, 0.05) is 25.3 Å². The van der Waals surface area contributed by atoms with Crippen LogP contribution in [0.1, 0.15) is 5.56 Å². The summed E-state index contributed by atoms with van der Waals surface area (Å²) in [6.45, 7) is 0.653. The van der Waals surface area contributed by atoms with Crippen molar-refractivity contribution < 1.29 is 9.13 Å². The van der Waals surface area contributed by atoms with E-state index < -0.39 is 0 Å². The average molecular weight is 260 g/mol. The monoisotopic (exact) mass is 260 g/mol. The Morgan fingerprint density at radius 2 is 1.84 bits per heavy atom. The maximum absolute atomic E-state index is 13.3. The van der Waals surface area contributed by atoms with Crippen LogP contribution < -0.4 is 15.4 Å². The molecular formula is C15H17FN2O. The topological polar surface area (TPSA) is 38.5 Å². The summed E-state index contributed by atoms with van der Waals surface area (Å²) in [4.78, 5) is 1.94. The molecule has 2 rings (SSSR count). The molecule has 2 aromatic carbocycles. The lowest BCUT2D eigenvalue weighted by Gasteiger charge is -2.22. The fraction of sp³-hybridized carbons (Fsp3) is 0.200. The minimum Gasteiger partial charge on any atom is -0.495 e. The predicted octanol–water partition coefficient (Wildman–Crippen LogP) is 3.05. The summed E-state index contributed by atoms with van der Waals surface area (Å²) in [5.74, 6) is 0.374. The molecule has 0 fully saturated rings. The van der Waals surface area contributed by atoms with Crippen LogP contribution in [-0.2, 0) is 6.54 Å². The molecule has 0 radical (unpaired) electrons. The average Bonchev–Trinajstić information content (AvgIpc) is 2.41. The van der Waals surface area contributed by atoms with Crippen molar-refractivity contribution in [3.05, 3.63) is 53.8 Å².